The van der Waals surface area contributed by atoms with Crippen LogP contribution in [0.5, 0.6) is 5.75 Å². The van der Waals surface area contributed by atoms with Gasteiger partial charge in [-0.15, -0.1) is 10.2 Å². The smallest absolute Gasteiger partial charge is 0.315 e. The minimum atomic E-state index is -0.763. The molecule has 2 rings (SSSR count). The van der Waals surface area contributed by atoms with Gasteiger partial charge in [-0.3, -0.25) is 9.59 Å². The van der Waals surface area contributed by atoms with Crippen molar-refractivity contribution in [2.75, 3.05) is 13.7 Å². The lowest BCUT2D eigenvalue weighted by Crippen LogP contribution is -2.25. The van der Waals surface area contributed by atoms with Gasteiger partial charge in [0.2, 0.25) is 0 Å². The topological polar surface area (TPSA) is 94.2 Å². The van der Waals surface area contributed by atoms with Crippen molar-refractivity contribution in [1.82, 2.24) is 15.2 Å². The van der Waals surface area contributed by atoms with Gasteiger partial charge in [-0.05, 0) is 38.1 Å². The molecule has 0 bridgehead atoms. The van der Waals surface area contributed by atoms with Crippen LogP contribution in [0.4, 0.5) is 0 Å². The number of carbonyl (C=O) groups excluding carboxylic acids is 1. The number of nitrogens with one attached hydrogen (secondary N) is 1. The molecule has 0 aliphatic rings. The van der Waals surface area contributed by atoms with E-state index < -0.39 is 17.4 Å². The summed E-state index contributed by atoms with van der Waals surface area (Å²) < 4.78 is 9.95. The lowest BCUT2D eigenvalue weighted by atomic mass is 10.1. The van der Waals surface area contributed by atoms with Crippen molar-refractivity contribution in [3.8, 4) is 17.1 Å². The summed E-state index contributed by atoms with van der Waals surface area (Å²) in [4.78, 5) is 26.4. The fourth-order valence-electron chi connectivity index (χ4n) is 1.89. The molecule has 0 saturated carbocycles. The number of benzene rings is 1. The van der Waals surface area contributed by atoms with Crippen LogP contribution < -0.4 is 10.3 Å². The first-order valence-corrected chi connectivity index (χ1v) is 6.84. The highest BCUT2D eigenvalue weighted by Gasteiger charge is 2.22. The number of hydrogen-bond donors (Lipinski definition) is 1. The predicted molar refractivity (Wildman–Crippen MR) is 79.7 cm³/mol. The van der Waals surface area contributed by atoms with Crippen LogP contribution in [-0.4, -0.2) is 34.9 Å². The lowest BCUT2D eigenvalue weighted by molar-refractivity contribution is -0.144. The Morgan fingerprint density at radius 3 is 2.50 bits per heavy atom. The molecule has 1 N–H and O–H groups in total. The van der Waals surface area contributed by atoms with Gasteiger partial charge in [0.25, 0.3) is 5.56 Å². The first kappa shape index (κ1) is 15.7. The van der Waals surface area contributed by atoms with Crippen molar-refractivity contribution in [3.63, 3.8) is 0 Å². The molecule has 0 aliphatic carbocycles. The van der Waals surface area contributed by atoms with Gasteiger partial charge in [0.1, 0.15) is 17.4 Å². The Hall–Kier alpha value is -2.70. The normalized spacial score (nSPS) is 11.8. The van der Waals surface area contributed by atoms with Gasteiger partial charge in [0.15, 0.2) is 5.82 Å². The second-order valence-electron chi connectivity index (χ2n) is 4.59. The number of hydrogen-bond acceptors (Lipinski definition) is 6. The molecule has 0 unspecified atom stereocenters. The third-order valence-electron chi connectivity index (χ3n) is 3.14. The molecule has 1 heterocycles. The van der Waals surface area contributed by atoms with Gasteiger partial charge in [-0.1, -0.05) is 0 Å². The average molecular weight is 303 g/mol. The third-order valence-corrected chi connectivity index (χ3v) is 3.14. The number of ether oxygens (including phenoxy) is 2. The van der Waals surface area contributed by atoms with E-state index in [0.717, 1.165) is 0 Å². The van der Waals surface area contributed by atoms with E-state index in [1.54, 1.807) is 45.2 Å². The zero-order valence-electron chi connectivity index (χ0n) is 12.6. The third kappa shape index (κ3) is 3.30. The molecule has 0 saturated heterocycles. The number of nitrogens with zero attached hydrogens (tertiary/aromatic N) is 2. The van der Waals surface area contributed by atoms with Gasteiger partial charge >= 0.3 is 5.97 Å². The van der Waals surface area contributed by atoms with Crippen LogP contribution in [0.1, 0.15) is 25.5 Å². The van der Waals surface area contributed by atoms with Crippen LogP contribution in [0.3, 0.4) is 0 Å². The summed E-state index contributed by atoms with van der Waals surface area (Å²) in [5, 5.41) is 7.85. The quantitative estimate of drug-likeness (QED) is 0.841. The highest BCUT2D eigenvalue weighted by atomic mass is 16.5. The summed E-state index contributed by atoms with van der Waals surface area (Å²) in [7, 11) is 1.57. The average Bonchev–Trinajstić information content (AvgIpc) is 2.54. The molecule has 0 aliphatic heterocycles. The number of H-pyrrole nitrogens is 1. The molecule has 1 aromatic heterocycles. The molecular weight excluding hydrogens is 286 g/mol. The van der Waals surface area contributed by atoms with Gasteiger partial charge < -0.3 is 14.5 Å². The van der Waals surface area contributed by atoms with Crippen molar-refractivity contribution < 1.29 is 14.3 Å². The van der Waals surface area contributed by atoms with E-state index in [1.807, 2.05) is 0 Å². The Balaban J connectivity index is 2.29. The molecular formula is C15H17N3O4. The summed E-state index contributed by atoms with van der Waals surface area (Å²) in [5.41, 5.74) is 0.276. The summed E-state index contributed by atoms with van der Waals surface area (Å²) in [6.07, 6.45) is 0. The van der Waals surface area contributed by atoms with Gasteiger partial charge in [-0.25, -0.2) is 0 Å². The minimum absolute atomic E-state index is 0.0377. The molecule has 22 heavy (non-hydrogen) atoms. The largest absolute Gasteiger partial charge is 0.497 e. The van der Waals surface area contributed by atoms with Crippen LogP contribution in [0.2, 0.25) is 0 Å². The maximum absolute atomic E-state index is 12.1. The molecule has 0 amide bonds. The van der Waals surface area contributed by atoms with Crippen LogP contribution in [0, 0.1) is 0 Å². The molecule has 7 heteroatoms. The van der Waals surface area contributed by atoms with E-state index in [4.69, 9.17) is 9.47 Å². The van der Waals surface area contributed by atoms with Gasteiger partial charge in [-0.2, -0.15) is 0 Å². The lowest BCUT2D eigenvalue weighted by Gasteiger charge is -2.09. The summed E-state index contributed by atoms with van der Waals surface area (Å²) >= 11 is 0. The SMILES string of the molecule is CCOC(=O)[C@H](C)c1nnc(-c2ccc(OC)cc2)[nH]c1=O. The number of aromatic amines is 1. The van der Waals surface area contributed by atoms with E-state index >= 15 is 0 Å². The highest BCUT2D eigenvalue weighted by molar-refractivity contribution is 5.76. The molecule has 1 atom stereocenters. The zero-order chi connectivity index (χ0) is 16.1. The van der Waals surface area contributed by atoms with E-state index in [2.05, 4.69) is 15.2 Å². The second kappa shape index (κ2) is 6.84. The van der Waals surface area contributed by atoms with E-state index in [0.29, 0.717) is 17.1 Å². The Morgan fingerprint density at radius 2 is 1.95 bits per heavy atom. The molecule has 116 valence electrons. The van der Waals surface area contributed by atoms with Crippen molar-refractivity contribution in [2.45, 2.75) is 19.8 Å². The van der Waals surface area contributed by atoms with Crippen LogP contribution in [-0.2, 0) is 9.53 Å². The van der Waals surface area contributed by atoms with Gasteiger partial charge in [0.05, 0.1) is 13.7 Å². The van der Waals surface area contributed by atoms with E-state index in [9.17, 15) is 9.59 Å². The Bertz CT molecular complexity index is 709. The molecule has 0 spiro atoms. The van der Waals surface area contributed by atoms with Crippen molar-refractivity contribution >= 4 is 5.97 Å². The summed E-state index contributed by atoms with van der Waals surface area (Å²) in [6, 6.07) is 7.02. The number of aromatic nitrogens is 3. The van der Waals surface area contributed by atoms with Crippen molar-refractivity contribution in [1.29, 1.82) is 0 Å². The fraction of sp³-hybridized carbons (Fsp3) is 0.333. The minimum Gasteiger partial charge on any atom is -0.497 e. The molecule has 0 fully saturated rings. The van der Waals surface area contributed by atoms with Crippen molar-refractivity contribution in [2.24, 2.45) is 0 Å². The first-order chi connectivity index (χ1) is 10.6. The molecule has 1 aromatic carbocycles. The monoisotopic (exact) mass is 303 g/mol. The Labute approximate surface area is 127 Å². The van der Waals surface area contributed by atoms with E-state index in [-0.39, 0.29) is 12.3 Å². The first-order valence-electron chi connectivity index (χ1n) is 6.84. The summed E-state index contributed by atoms with van der Waals surface area (Å²) in [6.45, 7) is 3.51. The standard InChI is InChI=1S/C15H17N3O4/c1-4-22-15(20)9(2)12-14(19)16-13(18-17-12)10-5-7-11(21-3)8-6-10/h5-9H,4H2,1-3H3,(H,16,18,19)/t9-/m1/s1. The zero-order valence-corrected chi connectivity index (χ0v) is 12.6. The van der Waals surface area contributed by atoms with Crippen LogP contribution in [0.25, 0.3) is 11.4 Å². The molecule has 2 aromatic rings. The van der Waals surface area contributed by atoms with E-state index in [1.165, 1.54) is 0 Å². The van der Waals surface area contributed by atoms with Crippen molar-refractivity contribution in [3.05, 3.63) is 40.3 Å². The maximum Gasteiger partial charge on any atom is 0.315 e. The van der Waals surface area contributed by atoms with Gasteiger partial charge in [0, 0.05) is 5.56 Å². The maximum atomic E-state index is 12.1. The number of carbonyl (C=O) groups is 1. The molecule has 0 radical (unpaired) electrons. The fourth-order valence-corrected chi connectivity index (χ4v) is 1.89. The Kier molecular flexibility index (Phi) is 4.88. The summed E-state index contributed by atoms with van der Waals surface area (Å²) in [5.74, 6) is -0.236. The molecule has 7 nitrogen and oxygen atoms in total. The predicted octanol–water partition coefficient (Wildman–Crippen LogP) is 1.51. The van der Waals surface area contributed by atoms with Crippen LogP contribution in [0.15, 0.2) is 29.1 Å². The number of methoxy groups -OCH3 is 1. The highest BCUT2D eigenvalue weighted by Crippen LogP contribution is 2.18. The Morgan fingerprint density at radius 1 is 1.27 bits per heavy atom. The number of esters is 1. The number of rotatable bonds is 5. The second-order valence-corrected chi connectivity index (χ2v) is 4.59. The van der Waals surface area contributed by atoms with Crippen LogP contribution >= 0.6 is 0 Å².